The molecule has 1 fully saturated rings. The Hall–Kier alpha value is -1.58. The molecular formula is C16H18O3. The Balaban J connectivity index is 1.71. The second-order valence-electron chi connectivity index (χ2n) is 4.98. The lowest BCUT2D eigenvalue weighted by molar-refractivity contribution is 0.0504. The molecule has 3 nitrogen and oxygen atoms in total. The highest BCUT2D eigenvalue weighted by Gasteiger charge is 2.24. The van der Waals surface area contributed by atoms with Crippen LogP contribution in [-0.2, 0) is 4.74 Å². The SMILES string of the molecule is OC(COc1cccc2ccccc12)C1CCOC1. The van der Waals surface area contributed by atoms with Gasteiger partial charge in [0.15, 0.2) is 0 Å². The molecule has 0 saturated carbocycles. The van der Waals surface area contributed by atoms with Crippen molar-refractivity contribution in [2.24, 2.45) is 5.92 Å². The molecule has 1 heterocycles. The van der Waals surface area contributed by atoms with Gasteiger partial charge in [-0.25, -0.2) is 0 Å². The van der Waals surface area contributed by atoms with Crippen molar-refractivity contribution >= 4 is 10.8 Å². The fourth-order valence-corrected chi connectivity index (χ4v) is 2.49. The molecule has 19 heavy (non-hydrogen) atoms. The van der Waals surface area contributed by atoms with Crippen LogP contribution in [-0.4, -0.2) is 31.0 Å². The number of aliphatic hydroxyl groups excluding tert-OH is 1. The summed E-state index contributed by atoms with van der Waals surface area (Å²) in [6, 6.07) is 14.1. The number of rotatable bonds is 4. The van der Waals surface area contributed by atoms with Crippen LogP contribution in [0.25, 0.3) is 10.8 Å². The van der Waals surface area contributed by atoms with Crippen molar-refractivity contribution in [2.45, 2.75) is 12.5 Å². The summed E-state index contributed by atoms with van der Waals surface area (Å²) in [6.07, 6.45) is 0.460. The zero-order chi connectivity index (χ0) is 13.1. The molecule has 2 aromatic rings. The predicted octanol–water partition coefficient (Wildman–Crippen LogP) is 2.62. The van der Waals surface area contributed by atoms with E-state index in [0.29, 0.717) is 13.2 Å². The van der Waals surface area contributed by atoms with Crippen LogP contribution in [0.15, 0.2) is 42.5 Å². The van der Waals surface area contributed by atoms with E-state index < -0.39 is 6.10 Å². The number of hydrogen-bond acceptors (Lipinski definition) is 3. The molecule has 100 valence electrons. The fourth-order valence-electron chi connectivity index (χ4n) is 2.49. The molecule has 0 amide bonds. The Morgan fingerprint density at radius 1 is 1.21 bits per heavy atom. The molecule has 1 N–H and O–H groups in total. The summed E-state index contributed by atoms with van der Waals surface area (Å²) in [4.78, 5) is 0. The van der Waals surface area contributed by atoms with E-state index >= 15 is 0 Å². The fraction of sp³-hybridized carbons (Fsp3) is 0.375. The number of aliphatic hydroxyl groups is 1. The van der Waals surface area contributed by atoms with E-state index in [1.54, 1.807) is 0 Å². The van der Waals surface area contributed by atoms with Crippen molar-refractivity contribution in [3.8, 4) is 5.75 Å². The minimum absolute atomic E-state index is 0.204. The third kappa shape index (κ3) is 2.72. The molecule has 2 atom stereocenters. The normalized spacial score (nSPS) is 20.6. The van der Waals surface area contributed by atoms with Gasteiger partial charge in [-0.2, -0.15) is 0 Å². The van der Waals surface area contributed by atoms with E-state index in [1.807, 2.05) is 30.3 Å². The van der Waals surface area contributed by atoms with Gasteiger partial charge in [-0.1, -0.05) is 36.4 Å². The van der Waals surface area contributed by atoms with Gasteiger partial charge in [0.1, 0.15) is 12.4 Å². The van der Waals surface area contributed by atoms with Crippen LogP contribution in [0.1, 0.15) is 6.42 Å². The van der Waals surface area contributed by atoms with Crippen LogP contribution in [0.5, 0.6) is 5.75 Å². The summed E-state index contributed by atoms with van der Waals surface area (Å²) < 4.78 is 11.1. The van der Waals surface area contributed by atoms with Crippen molar-refractivity contribution in [2.75, 3.05) is 19.8 Å². The first-order valence-corrected chi connectivity index (χ1v) is 6.71. The topological polar surface area (TPSA) is 38.7 Å². The summed E-state index contributed by atoms with van der Waals surface area (Å²) >= 11 is 0. The summed E-state index contributed by atoms with van der Waals surface area (Å²) in [5.74, 6) is 1.03. The van der Waals surface area contributed by atoms with Crippen LogP contribution < -0.4 is 4.74 Å². The van der Waals surface area contributed by atoms with E-state index in [2.05, 4.69) is 12.1 Å². The highest BCUT2D eigenvalue weighted by molar-refractivity contribution is 5.88. The smallest absolute Gasteiger partial charge is 0.127 e. The van der Waals surface area contributed by atoms with Gasteiger partial charge in [0, 0.05) is 17.9 Å². The van der Waals surface area contributed by atoms with E-state index in [9.17, 15) is 5.11 Å². The van der Waals surface area contributed by atoms with E-state index in [1.165, 1.54) is 0 Å². The van der Waals surface area contributed by atoms with E-state index in [4.69, 9.17) is 9.47 Å². The van der Waals surface area contributed by atoms with Crippen molar-refractivity contribution in [1.29, 1.82) is 0 Å². The Morgan fingerprint density at radius 2 is 2.05 bits per heavy atom. The molecule has 1 aliphatic heterocycles. The van der Waals surface area contributed by atoms with Gasteiger partial charge in [0.05, 0.1) is 12.7 Å². The Labute approximate surface area is 112 Å². The lowest BCUT2D eigenvalue weighted by Gasteiger charge is -2.17. The Bertz CT molecular complexity index is 541. The van der Waals surface area contributed by atoms with Gasteiger partial charge in [-0.3, -0.25) is 0 Å². The molecule has 3 rings (SSSR count). The minimum atomic E-state index is -0.457. The molecule has 1 saturated heterocycles. The highest BCUT2D eigenvalue weighted by Crippen LogP contribution is 2.26. The Morgan fingerprint density at radius 3 is 2.89 bits per heavy atom. The first-order valence-electron chi connectivity index (χ1n) is 6.71. The molecule has 1 aliphatic rings. The molecule has 0 aliphatic carbocycles. The molecule has 2 unspecified atom stereocenters. The van der Waals surface area contributed by atoms with Gasteiger partial charge in [0.25, 0.3) is 0 Å². The predicted molar refractivity (Wildman–Crippen MR) is 74.4 cm³/mol. The number of ether oxygens (including phenoxy) is 2. The maximum Gasteiger partial charge on any atom is 0.127 e. The van der Waals surface area contributed by atoms with Crippen LogP contribution in [0, 0.1) is 5.92 Å². The first kappa shape index (κ1) is 12.5. The molecule has 0 radical (unpaired) electrons. The van der Waals surface area contributed by atoms with Gasteiger partial charge in [0.2, 0.25) is 0 Å². The summed E-state index contributed by atoms with van der Waals surface area (Å²) in [5, 5.41) is 12.3. The van der Waals surface area contributed by atoms with E-state index in [0.717, 1.165) is 29.5 Å². The van der Waals surface area contributed by atoms with Crippen LogP contribution in [0.3, 0.4) is 0 Å². The zero-order valence-corrected chi connectivity index (χ0v) is 10.8. The van der Waals surface area contributed by atoms with Crippen molar-refractivity contribution in [3.63, 3.8) is 0 Å². The maximum atomic E-state index is 10.1. The van der Waals surface area contributed by atoms with Crippen molar-refractivity contribution < 1.29 is 14.6 Å². The van der Waals surface area contributed by atoms with Crippen molar-refractivity contribution in [1.82, 2.24) is 0 Å². The number of fused-ring (bicyclic) bond motifs is 1. The summed E-state index contributed by atoms with van der Waals surface area (Å²) in [5.41, 5.74) is 0. The average molecular weight is 258 g/mol. The molecular weight excluding hydrogens is 240 g/mol. The second-order valence-corrected chi connectivity index (χ2v) is 4.98. The summed E-state index contributed by atoms with van der Waals surface area (Å²) in [6.45, 7) is 1.71. The lowest BCUT2D eigenvalue weighted by atomic mass is 10.0. The molecule has 0 aromatic heterocycles. The van der Waals surface area contributed by atoms with Crippen molar-refractivity contribution in [3.05, 3.63) is 42.5 Å². The monoisotopic (exact) mass is 258 g/mol. The second kappa shape index (κ2) is 5.59. The van der Waals surface area contributed by atoms with Gasteiger partial charge >= 0.3 is 0 Å². The van der Waals surface area contributed by atoms with E-state index in [-0.39, 0.29) is 5.92 Å². The van der Waals surface area contributed by atoms with Gasteiger partial charge in [-0.05, 0) is 17.9 Å². The van der Waals surface area contributed by atoms with Gasteiger partial charge < -0.3 is 14.6 Å². The summed E-state index contributed by atoms with van der Waals surface area (Å²) in [7, 11) is 0. The lowest BCUT2D eigenvalue weighted by Crippen LogP contribution is -2.27. The molecule has 2 aromatic carbocycles. The first-order chi connectivity index (χ1) is 9.34. The third-order valence-corrected chi connectivity index (χ3v) is 3.67. The highest BCUT2D eigenvalue weighted by atomic mass is 16.5. The van der Waals surface area contributed by atoms with Crippen LogP contribution in [0.2, 0.25) is 0 Å². The zero-order valence-electron chi connectivity index (χ0n) is 10.8. The minimum Gasteiger partial charge on any atom is -0.490 e. The van der Waals surface area contributed by atoms with Gasteiger partial charge in [-0.15, -0.1) is 0 Å². The largest absolute Gasteiger partial charge is 0.490 e. The number of benzene rings is 2. The maximum absolute atomic E-state index is 10.1. The average Bonchev–Trinajstić information content (AvgIpc) is 2.99. The van der Waals surface area contributed by atoms with Crippen LogP contribution >= 0.6 is 0 Å². The molecule has 0 spiro atoms. The standard InChI is InChI=1S/C16H18O3/c17-15(13-8-9-18-10-13)11-19-16-7-3-5-12-4-1-2-6-14(12)16/h1-7,13,15,17H,8-11H2. The third-order valence-electron chi connectivity index (χ3n) is 3.67. The Kier molecular flexibility index (Phi) is 3.67. The molecule has 0 bridgehead atoms. The van der Waals surface area contributed by atoms with Crippen LogP contribution in [0.4, 0.5) is 0 Å². The quantitative estimate of drug-likeness (QED) is 0.916. The number of hydrogen-bond donors (Lipinski definition) is 1. The molecule has 3 heteroatoms.